The molecule has 5 nitrogen and oxygen atoms in total. The Bertz CT molecular complexity index is 894. The molecule has 0 spiro atoms. The summed E-state index contributed by atoms with van der Waals surface area (Å²) in [7, 11) is 0. The Balaban J connectivity index is 1.67. The molecule has 0 radical (unpaired) electrons. The van der Waals surface area contributed by atoms with Crippen LogP contribution in [-0.4, -0.2) is 35.0 Å². The molecule has 9 heteroatoms. The zero-order chi connectivity index (χ0) is 19.6. The van der Waals surface area contributed by atoms with Gasteiger partial charge in [0.1, 0.15) is 17.5 Å². The summed E-state index contributed by atoms with van der Waals surface area (Å²) in [6.45, 7) is 0.0372. The number of urea groups is 1. The van der Waals surface area contributed by atoms with Crippen molar-refractivity contribution < 1.29 is 22.8 Å². The van der Waals surface area contributed by atoms with Gasteiger partial charge in [-0.2, -0.15) is 0 Å². The number of carbonyl (C=O) groups excluding carboxylic acids is 2. The van der Waals surface area contributed by atoms with Crippen LogP contribution in [0.15, 0.2) is 36.4 Å². The van der Waals surface area contributed by atoms with Gasteiger partial charge in [0.15, 0.2) is 0 Å². The topological polar surface area (TPSA) is 52.7 Å². The lowest BCUT2D eigenvalue weighted by atomic mass is 10.1. The van der Waals surface area contributed by atoms with Gasteiger partial charge in [-0.15, -0.1) is 0 Å². The Kier molecular flexibility index (Phi) is 5.55. The van der Waals surface area contributed by atoms with Crippen molar-refractivity contribution in [3.8, 4) is 0 Å². The zero-order valence-electron chi connectivity index (χ0n) is 14.0. The van der Waals surface area contributed by atoms with E-state index in [0.717, 1.165) is 18.2 Å². The van der Waals surface area contributed by atoms with Gasteiger partial charge in [-0.1, -0.05) is 17.7 Å². The van der Waals surface area contributed by atoms with Crippen molar-refractivity contribution in [1.82, 2.24) is 9.80 Å². The lowest BCUT2D eigenvalue weighted by Gasteiger charge is -2.35. The fourth-order valence-electron chi connectivity index (χ4n) is 2.68. The molecule has 0 unspecified atom stereocenters. The molecule has 0 atom stereocenters. The van der Waals surface area contributed by atoms with E-state index in [2.05, 4.69) is 5.32 Å². The van der Waals surface area contributed by atoms with E-state index in [1.807, 2.05) is 0 Å². The maximum absolute atomic E-state index is 13.8. The molecule has 0 aromatic heterocycles. The molecule has 1 heterocycles. The maximum atomic E-state index is 13.8. The Morgan fingerprint density at radius 3 is 2.59 bits per heavy atom. The van der Waals surface area contributed by atoms with Gasteiger partial charge in [-0.3, -0.25) is 4.79 Å². The highest BCUT2D eigenvalue weighted by molar-refractivity contribution is 6.31. The van der Waals surface area contributed by atoms with E-state index in [9.17, 15) is 22.8 Å². The standard InChI is InChI=1S/C18H15ClF3N3O2/c19-14-8-13(3-4-15(14)21)23-18(27)24-6-5-17(26)25(10-24)9-11-1-2-12(20)7-16(11)22/h1-4,7-8H,5-6,9-10H2,(H,23,27). The van der Waals surface area contributed by atoms with Crippen LogP contribution in [0.25, 0.3) is 0 Å². The van der Waals surface area contributed by atoms with E-state index in [1.54, 1.807) is 0 Å². The summed E-state index contributed by atoms with van der Waals surface area (Å²) in [5, 5.41) is 2.44. The number of hydrogen-bond donors (Lipinski definition) is 1. The van der Waals surface area contributed by atoms with Crippen molar-refractivity contribution in [3.05, 3.63) is 64.4 Å². The number of rotatable bonds is 3. The van der Waals surface area contributed by atoms with Crippen LogP contribution in [0, 0.1) is 17.5 Å². The third-order valence-electron chi connectivity index (χ3n) is 4.12. The van der Waals surface area contributed by atoms with E-state index in [0.29, 0.717) is 5.69 Å². The van der Waals surface area contributed by atoms with Gasteiger partial charge in [0.25, 0.3) is 0 Å². The lowest BCUT2D eigenvalue weighted by Crippen LogP contribution is -2.51. The summed E-state index contributed by atoms with van der Waals surface area (Å²) in [5.41, 5.74) is 0.455. The van der Waals surface area contributed by atoms with Gasteiger partial charge >= 0.3 is 6.03 Å². The maximum Gasteiger partial charge on any atom is 0.323 e. The minimum Gasteiger partial charge on any atom is -0.320 e. The molecule has 1 fully saturated rings. The zero-order valence-corrected chi connectivity index (χ0v) is 14.8. The molecule has 0 bridgehead atoms. The van der Waals surface area contributed by atoms with E-state index in [-0.39, 0.29) is 42.7 Å². The third-order valence-corrected chi connectivity index (χ3v) is 4.41. The summed E-state index contributed by atoms with van der Waals surface area (Å²) in [4.78, 5) is 27.2. The van der Waals surface area contributed by atoms with Crippen LogP contribution in [0.1, 0.15) is 12.0 Å². The number of nitrogens with one attached hydrogen (secondary N) is 1. The average Bonchev–Trinajstić information content (AvgIpc) is 2.62. The molecular weight excluding hydrogens is 383 g/mol. The Hall–Kier alpha value is -2.74. The fourth-order valence-corrected chi connectivity index (χ4v) is 2.86. The van der Waals surface area contributed by atoms with Crippen LogP contribution in [0.3, 0.4) is 0 Å². The van der Waals surface area contributed by atoms with Gasteiger partial charge in [0, 0.05) is 30.3 Å². The molecule has 3 rings (SSSR count). The molecule has 0 aliphatic carbocycles. The predicted octanol–water partition coefficient (Wildman–Crippen LogP) is 3.98. The second kappa shape index (κ2) is 7.87. The Labute approximate surface area is 158 Å². The van der Waals surface area contributed by atoms with Crippen LogP contribution in [0.4, 0.5) is 23.7 Å². The number of benzene rings is 2. The molecule has 1 N–H and O–H groups in total. The Morgan fingerprint density at radius 2 is 1.89 bits per heavy atom. The lowest BCUT2D eigenvalue weighted by molar-refractivity contribution is -0.137. The van der Waals surface area contributed by atoms with E-state index < -0.39 is 23.5 Å². The molecule has 1 aliphatic heterocycles. The monoisotopic (exact) mass is 397 g/mol. The summed E-state index contributed by atoms with van der Waals surface area (Å²) in [6, 6.07) is 6.37. The van der Waals surface area contributed by atoms with E-state index in [4.69, 9.17) is 11.6 Å². The van der Waals surface area contributed by atoms with Crippen LogP contribution >= 0.6 is 11.6 Å². The number of hydrogen-bond acceptors (Lipinski definition) is 2. The highest BCUT2D eigenvalue weighted by atomic mass is 35.5. The third kappa shape index (κ3) is 4.51. The van der Waals surface area contributed by atoms with Gasteiger partial charge in [-0.25, -0.2) is 18.0 Å². The first-order valence-corrected chi connectivity index (χ1v) is 8.44. The SMILES string of the molecule is O=C1CCN(C(=O)Nc2ccc(F)c(Cl)c2)CN1Cc1ccc(F)cc1F. The minimum absolute atomic E-state index is 0.0591. The molecular formula is C18H15ClF3N3O2. The first kappa shape index (κ1) is 19.0. The predicted molar refractivity (Wildman–Crippen MR) is 93.5 cm³/mol. The Morgan fingerprint density at radius 1 is 1.11 bits per heavy atom. The number of halogens is 4. The van der Waals surface area contributed by atoms with E-state index >= 15 is 0 Å². The highest BCUT2D eigenvalue weighted by Gasteiger charge is 2.27. The van der Waals surface area contributed by atoms with Gasteiger partial charge in [0.05, 0.1) is 18.2 Å². The van der Waals surface area contributed by atoms with Crippen LogP contribution in [0.5, 0.6) is 0 Å². The summed E-state index contributed by atoms with van der Waals surface area (Å²) in [6.07, 6.45) is 0.0698. The first-order chi connectivity index (χ1) is 12.8. The van der Waals surface area contributed by atoms with Crippen LogP contribution < -0.4 is 5.32 Å². The summed E-state index contributed by atoms with van der Waals surface area (Å²) >= 11 is 5.69. The highest BCUT2D eigenvalue weighted by Crippen LogP contribution is 2.21. The fraction of sp³-hybridized carbons (Fsp3) is 0.222. The first-order valence-electron chi connectivity index (χ1n) is 8.06. The molecule has 1 aliphatic rings. The quantitative estimate of drug-likeness (QED) is 0.851. The van der Waals surface area contributed by atoms with Crippen molar-refractivity contribution in [2.75, 3.05) is 18.5 Å². The molecule has 1 saturated heterocycles. The van der Waals surface area contributed by atoms with Crippen molar-refractivity contribution in [1.29, 1.82) is 0 Å². The second-order valence-electron chi connectivity index (χ2n) is 6.04. The molecule has 2 aromatic rings. The summed E-state index contributed by atoms with van der Waals surface area (Å²) in [5.74, 6) is -2.32. The molecule has 142 valence electrons. The molecule has 0 saturated carbocycles. The number of amides is 3. The number of carbonyl (C=O) groups is 2. The van der Waals surface area contributed by atoms with Crippen molar-refractivity contribution >= 4 is 29.2 Å². The minimum atomic E-state index is -0.759. The number of anilines is 1. The molecule has 3 amide bonds. The van der Waals surface area contributed by atoms with Crippen molar-refractivity contribution in [2.45, 2.75) is 13.0 Å². The van der Waals surface area contributed by atoms with Crippen molar-refractivity contribution in [3.63, 3.8) is 0 Å². The van der Waals surface area contributed by atoms with Crippen LogP contribution in [-0.2, 0) is 11.3 Å². The second-order valence-corrected chi connectivity index (χ2v) is 6.45. The summed E-state index contributed by atoms with van der Waals surface area (Å²) < 4.78 is 40.0. The van der Waals surface area contributed by atoms with Crippen LogP contribution in [0.2, 0.25) is 5.02 Å². The molecule has 2 aromatic carbocycles. The normalized spacial score (nSPS) is 14.4. The number of nitrogens with zero attached hydrogens (tertiary/aromatic N) is 2. The smallest absolute Gasteiger partial charge is 0.320 e. The van der Waals surface area contributed by atoms with Crippen molar-refractivity contribution in [2.24, 2.45) is 0 Å². The van der Waals surface area contributed by atoms with E-state index in [1.165, 1.54) is 28.0 Å². The van der Waals surface area contributed by atoms with Gasteiger partial charge in [-0.05, 0) is 24.3 Å². The van der Waals surface area contributed by atoms with Gasteiger partial charge in [0.2, 0.25) is 5.91 Å². The van der Waals surface area contributed by atoms with Gasteiger partial charge < -0.3 is 15.1 Å². The largest absolute Gasteiger partial charge is 0.323 e. The average molecular weight is 398 g/mol. The molecule has 27 heavy (non-hydrogen) atoms.